The lowest BCUT2D eigenvalue weighted by Gasteiger charge is -2.25. The molecule has 1 saturated heterocycles. The van der Waals surface area contributed by atoms with E-state index in [1.165, 1.54) is 28.4 Å². The third-order valence-corrected chi connectivity index (χ3v) is 4.18. The van der Waals surface area contributed by atoms with E-state index in [-0.39, 0.29) is 0 Å². The molecule has 0 atom stereocenters. The Labute approximate surface area is 126 Å². The van der Waals surface area contributed by atoms with E-state index in [4.69, 9.17) is 4.98 Å². The van der Waals surface area contributed by atoms with Crippen LogP contribution in [0.1, 0.15) is 12.0 Å². The average Bonchev–Trinajstić information content (AvgIpc) is 2.76. The number of hydrogen-bond acceptors (Lipinski definition) is 4. The number of pyridine rings is 1. The summed E-state index contributed by atoms with van der Waals surface area (Å²) in [6.45, 7) is 6.38. The molecular weight excluding hydrogens is 260 g/mol. The molecule has 1 aromatic heterocycles. The monoisotopic (exact) mass is 284 g/mol. The van der Waals surface area contributed by atoms with Crippen LogP contribution in [0.25, 0.3) is 10.8 Å². The molecule has 4 nitrogen and oxygen atoms in total. The summed E-state index contributed by atoms with van der Waals surface area (Å²) in [6, 6.07) is 6.53. The molecule has 4 heteroatoms. The summed E-state index contributed by atoms with van der Waals surface area (Å²) in [6.07, 6.45) is 3.19. The number of nitrogens with zero attached hydrogens (tertiary/aromatic N) is 3. The predicted octanol–water partition coefficient (Wildman–Crippen LogP) is 2.41. The van der Waals surface area contributed by atoms with Crippen LogP contribution in [-0.4, -0.2) is 45.3 Å². The van der Waals surface area contributed by atoms with Gasteiger partial charge in [0.05, 0.1) is 0 Å². The highest BCUT2D eigenvalue weighted by molar-refractivity contribution is 6.02. The Morgan fingerprint density at radius 2 is 2.05 bits per heavy atom. The van der Waals surface area contributed by atoms with Gasteiger partial charge in [0.15, 0.2) is 0 Å². The number of aromatic nitrogens is 1. The van der Waals surface area contributed by atoms with E-state index in [0.717, 1.165) is 32.0 Å². The smallest absolute Gasteiger partial charge is 0.136 e. The first-order chi connectivity index (χ1) is 10.2. The zero-order valence-electron chi connectivity index (χ0n) is 13.2. The number of nitrogens with one attached hydrogen (secondary N) is 1. The quantitative estimate of drug-likeness (QED) is 0.917. The number of rotatable bonds is 2. The predicted molar refractivity (Wildman–Crippen MR) is 90.5 cm³/mol. The summed E-state index contributed by atoms with van der Waals surface area (Å²) in [7, 11) is 4.20. The molecule has 0 unspecified atom stereocenters. The molecular formula is C17H24N4. The average molecular weight is 284 g/mol. The van der Waals surface area contributed by atoms with Crippen LogP contribution in [0, 0.1) is 6.92 Å². The van der Waals surface area contributed by atoms with Crippen LogP contribution in [0.5, 0.6) is 0 Å². The minimum atomic E-state index is 1.03. The van der Waals surface area contributed by atoms with Gasteiger partial charge in [0.25, 0.3) is 0 Å². The van der Waals surface area contributed by atoms with Gasteiger partial charge in [-0.15, -0.1) is 0 Å². The summed E-state index contributed by atoms with van der Waals surface area (Å²) >= 11 is 0. The van der Waals surface area contributed by atoms with Crippen LogP contribution in [0.2, 0.25) is 0 Å². The largest absolute Gasteiger partial charge is 0.377 e. The van der Waals surface area contributed by atoms with E-state index in [1.54, 1.807) is 0 Å². The highest BCUT2D eigenvalue weighted by Gasteiger charge is 2.16. The zero-order valence-corrected chi connectivity index (χ0v) is 13.2. The van der Waals surface area contributed by atoms with Crippen molar-refractivity contribution in [1.82, 2.24) is 10.3 Å². The first-order valence-electron chi connectivity index (χ1n) is 7.70. The fraction of sp³-hybridized carbons (Fsp3) is 0.471. The third-order valence-electron chi connectivity index (χ3n) is 4.18. The number of hydrogen-bond donors (Lipinski definition) is 1. The molecule has 0 bridgehead atoms. The van der Waals surface area contributed by atoms with Gasteiger partial charge in [0.2, 0.25) is 0 Å². The van der Waals surface area contributed by atoms with Crippen LogP contribution < -0.4 is 15.1 Å². The van der Waals surface area contributed by atoms with Crippen molar-refractivity contribution >= 4 is 22.3 Å². The first kappa shape index (κ1) is 14.1. The Balaban J connectivity index is 2.15. The Hall–Kier alpha value is -1.81. The van der Waals surface area contributed by atoms with Crippen molar-refractivity contribution in [2.75, 3.05) is 50.1 Å². The standard InChI is InChI=1S/C17H24N4/c1-13-12-19-17(21-10-5-8-18-9-11-21)14-6-4-7-15(16(13)14)20(2)3/h4,6-7,12,18H,5,8-11H2,1-3H3. The Bertz CT molecular complexity index is 628. The lowest BCUT2D eigenvalue weighted by Crippen LogP contribution is -2.28. The first-order valence-corrected chi connectivity index (χ1v) is 7.70. The Morgan fingerprint density at radius 3 is 2.86 bits per heavy atom. The molecule has 112 valence electrons. The molecule has 2 aromatic rings. The summed E-state index contributed by atoms with van der Waals surface area (Å²) in [5, 5.41) is 6.05. The van der Waals surface area contributed by atoms with Crippen LogP contribution in [0.4, 0.5) is 11.5 Å². The fourth-order valence-electron chi connectivity index (χ4n) is 3.12. The Kier molecular flexibility index (Phi) is 3.97. The van der Waals surface area contributed by atoms with Crippen LogP contribution in [0.15, 0.2) is 24.4 Å². The van der Waals surface area contributed by atoms with Gasteiger partial charge >= 0.3 is 0 Å². The maximum absolute atomic E-state index is 4.75. The van der Waals surface area contributed by atoms with Crippen molar-refractivity contribution in [2.24, 2.45) is 0 Å². The maximum Gasteiger partial charge on any atom is 0.136 e. The topological polar surface area (TPSA) is 31.4 Å². The van der Waals surface area contributed by atoms with E-state index >= 15 is 0 Å². The molecule has 0 amide bonds. The van der Waals surface area contributed by atoms with Crippen molar-refractivity contribution < 1.29 is 0 Å². The molecule has 0 aliphatic carbocycles. The zero-order chi connectivity index (χ0) is 14.8. The van der Waals surface area contributed by atoms with Crippen molar-refractivity contribution in [3.8, 4) is 0 Å². The van der Waals surface area contributed by atoms with Gasteiger partial charge < -0.3 is 15.1 Å². The van der Waals surface area contributed by atoms with Gasteiger partial charge in [-0.25, -0.2) is 4.98 Å². The minimum absolute atomic E-state index is 1.03. The van der Waals surface area contributed by atoms with Crippen LogP contribution in [-0.2, 0) is 0 Å². The molecule has 1 fully saturated rings. The molecule has 21 heavy (non-hydrogen) atoms. The molecule has 1 aromatic carbocycles. The van der Waals surface area contributed by atoms with Crippen LogP contribution >= 0.6 is 0 Å². The fourth-order valence-corrected chi connectivity index (χ4v) is 3.12. The second kappa shape index (κ2) is 5.90. The highest BCUT2D eigenvalue weighted by atomic mass is 15.2. The number of fused-ring (bicyclic) bond motifs is 1. The molecule has 2 heterocycles. The van der Waals surface area contributed by atoms with E-state index in [1.807, 2.05) is 6.20 Å². The third kappa shape index (κ3) is 2.68. The molecule has 3 rings (SSSR count). The second-order valence-electron chi connectivity index (χ2n) is 5.95. The molecule has 0 radical (unpaired) electrons. The summed E-state index contributed by atoms with van der Waals surface area (Å²) in [4.78, 5) is 9.35. The van der Waals surface area contributed by atoms with Crippen molar-refractivity contribution in [1.29, 1.82) is 0 Å². The van der Waals surface area contributed by atoms with Gasteiger partial charge in [-0.1, -0.05) is 12.1 Å². The van der Waals surface area contributed by atoms with E-state index in [9.17, 15) is 0 Å². The minimum Gasteiger partial charge on any atom is -0.377 e. The summed E-state index contributed by atoms with van der Waals surface area (Å²) < 4.78 is 0. The maximum atomic E-state index is 4.75. The lowest BCUT2D eigenvalue weighted by molar-refractivity contribution is 0.724. The number of benzene rings is 1. The number of aryl methyl sites for hydroxylation is 1. The van der Waals surface area contributed by atoms with Crippen molar-refractivity contribution in [3.63, 3.8) is 0 Å². The SMILES string of the molecule is Cc1cnc(N2CCCNCC2)c2cccc(N(C)C)c12. The van der Waals surface area contributed by atoms with E-state index in [2.05, 4.69) is 54.3 Å². The number of anilines is 2. The summed E-state index contributed by atoms with van der Waals surface area (Å²) in [5.41, 5.74) is 2.51. The normalized spacial score (nSPS) is 16.0. The van der Waals surface area contributed by atoms with Gasteiger partial charge in [-0.2, -0.15) is 0 Å². The van der Waals surface area contributed by atoms with Gasteiger partial charge in [0, 0.05) is 56.4 Å². The molecule has 0 spiro atoms. The van der Waals surface area contributed by atoms with Gasteiger partial charge in [-0.3, -0.25) is 0 Å². The second-order valence-corrected chi connectivity index (χ2v) is 5.95. The Morgan fingerprint density at radius 1 is 1.19 bits per heavy atom. The van der Waals surface area contributed by atoms with Crippen molar-refractivity contribution in [3.05, 3.63) is 30.0 Å². The van der Waals surface area contributed by atoms with E-state index < -0.39 is 0 Å². The van der Waals surface area contributed by atoms with Gasteiger partial charge in [-0.05, 0) is 31.5 Å². The molecule has 1 N–H and O–H groups in total. The lowest BCUT2D eigenvalue weighted by atomic mass is 10.0. The molecule has 1 aliphatic heterocycles. The van der Waals surface area contributed by atoms with E-state index in [0.29, 0.717) is 0 Å². The van der Waals surface area contributed by atoms with Gasteiger partial charge in [0.1, 0.15) is 5.82 Å². The molecule has 0 saturated carbocycles. The highest BCUT2D eigenvalue weighted by Crippen LogP contribution is 2.33. The summed E-state index contributed by atoms with van der Waals surface area (Å²) in [5.74, 6) is 1.13. The molecule has 1 aliphatic rings. The van der Waals surface area contributed by atoms with Crippen LogP contribution in [0.3, 0.4) is 0 Å². The van der Waals surface area contributed by atoms with Crippen molar-refractivity contribution in [2.45, 2.75) is 13.3 Å².